The van der Waals surface area contributed by atoms with Crippen LogP contribution in [0.1, 0.15) is 19.3 Å². The zero-order valence-electron chi connectivity index (χ0n) is 11.1. The number of aromatic amines is 1. The number of carbonyl (C=O) groups is 1. The van der Waals surface area contributed by atoms with Gasteiger partial charge in [0.25, 0.3) is 0 Å². The van der Waals surface area contributed by atoms with Crippen LogP contribution in [0, 0.1) is 0 Å². The molecule has 20 heavy (non-hydrogen) atoms. The number of rotatable bonds is 2. The van der Waals surface area contributed by atoms with E-state index in [-0.39, 0.29) is 12.1 Å². The Balaban J connectivity index is 1.59. The van der Waals surface area contributed by atoms with Crippen molar-refractivity contribution in [1.82, 2.24) is 25.6 Å². The van der Waals surface area contributed by atoms with E-state index in [1.807, 2.05) is 6.07 Å². The predicted octanol–water partition coefficient (Wildman–Crippen LogP) is 1.22. The van der Waals surface area contributed by atoms with Gasteiger partial charge in [-0.15, -0.1) is 0 Å². The highest BCUT2D eigenvalue weighted by Gasteiger charge is 2.14. The Labute approximate surface area is 116 Å². The number of carbonyl (C=O) groups excluding carboxylic acids is 1. The predicted molar refractivity (Wildman–Crippen MR) is 76.6 cm³/mol. The third-order valence-electron chi connectivity index (χ3n) is 3.41. The second kappa shape index (κ2) is 5.87. The fourth-order valence-corrected chi connectivity index (χ4v) is 2.39. The van der Waals surface area contributed by atoms with Crippen molar-refractivity contribution in [2.24, 2.45) is 0 Å². The van der Waals surface area contributed by atoms with Crippen LogP contribution in [0.25, 0.3) is 11.2 Å². The summed E-state index contributed by atoms with van der Waals surface area (Å²) in [6.07, 6.45) is 6.36. The van der Waals surface area contributed by atoms with E-state index in [1.165, 1.54) is 0 Å². The molecule has 1 aliphatic heterocycles. The number of hydrogen-bond donors (Lipinski definition) is 4. The van der Waals surface area contributed by atoms with Gasteiger partial charge in [-0.2, -0.15) is 0 Å². The summed E-state index contributed by atoms with van der Waals surface area (Å²) in [5.41, 5.74) is 1.45. The summed E-state index contributed by atoms with van der Waals surface area (Å²) in [6.45, 7) is 1.97. The van der Waals surface area contributed by atoms with E-state index in [0.29, 0.717) is 11.5 Å². The Bertz CT molecular complexity index is 587. The van der Waals surface area contributed by atoms with Crippen molar-refractivity contribution < 1.29 is 4.79 Å². The van der Waals surface area contributed by atoms with Crippen LogP contribution in [0.5, 0.6) is 0 Å². The molecule has 3 heterocycles. The van der Waals surface area contributed by atoms with Gasteiger partial charge in [0, 0.05) is 12.2 Å². The van der Waals surface area contributed by atoms with Crippen molar-refractivity contribution in [3.8, 4) is 0 Å². The summed E-state index contributed by atoms with van der Waals surface area (Å²) in [4.78, 5) is 23.4. The van der Waals surface area contributed by atoms with Crippen molar-refractivity contribution in [3.63, 3.8) is 0 Å². The molecule has 2 amide bonds. The van der Waals surface area contributed by atoms with E-state index >= 15 is 0 Å². The second-order valence-corrected chi connectivity index (χ2v) is 4.94. The molecule has 0 aliphatic carbocycles. The summed E-state index contributed by atoms with van der Waals surface area (Å²) in [5, 5.41) is 9.04. The average Bonchev–Trinajstić information content (AvgIpc) is 2.75. The first kappa shape index (κ1) is 12.9. The van der Waals surface area contributed by atoms with Crippen LogP contribution in [-0.2, 0) is 0 Å². The first-order chi connectivity index (χ1) is 9.81. The molecule has 1 aliphatic rings. The average molecular weight is 274 g/mol. The zero-order valence-corrected chi connectivity index (χ0v) is 11.1. The summed E-state index contributed by atoms with van der Waals surface area (Å²) < 4.78 is 0. The fraction of sp³-hybridized carbons (Fsp3) is 0.462. The van der Waals surface area contributed by atoms with Gasteiger partial charge < -0.3 is 15.6 Å². The Morgan fingerprint density at radius 1 is 1.35 bits per heavy atom. The van der Waals surface area contributed by atoms with E-state index in [4.69, 9.17) is 0 Å². The molecule has 106 valence electrons. The molecule has 2 aromatic rings. The fourth-order valence-electron chi connectivity index (χ4n) is 2.39. The molecule has 7 nitrogen and oxygen atoms in total. The van der Waals surface area contributed by atoms with Crippen molar-refractivity contribution in [1.29, 1.82) is 0 Å². The quantitative estimate of drug-likeness (QED) is 0.662. The van der Waals surface area contributed by atoms with Gasteiger partial charge in [0.15, 0.2) is 11.5 Å². The normalized spacial score (nSPS) is 19.5. The Kier molecular flexibility index (Phi) is 3.78. The van der Waals surface area contributed by atoms with Crippen LogP contribution < -0.4 is 16.0 Å². The molecule has 0 aromatic carbocycles. The smallest absolute Gasteiger partial charge is 0.320 e. The van der Waals surface area contributed by atoms with Gasteiger partial charge in [0.05, 0.1) is 6.20 Å². The first-order valence-corrected chi connectivity index (χ1v) is 6.89. The molecule has 1 fully saturated rings. The number of aromatic nitrogens is 3. The van der Waals surface area contributed by atoms with Crippen LogP contribution in [0.4, 0.5) is 10.6 Å². The number of amides is 2. The first-order valence-electron chi connectivity index (χ1n) is 6.89. The highest BCUT2D eigenvalue weighted by atomic mass is 16.2. The largest absolute Gasteiger partial charge is 0.345 e. The van der Waals surface area contributed by atoms with Crippen LogP contribution >= 0.6 is 0 Å². The molecule has 0 saturated carbocycles. The topological polar surface area (TPSA) is 94.7 Å². The highest BCUT2D eigenvalue weighted by Crippen LogP contribution is 2.10. The van der Waals surface area contributed by atoms with Crippen LogP contribution in [0.2, 0.25) is 0 Å². The molecule has 1 atom stereocenters. The molecule has 1 saturated heterocycles. The van der Waals surface area contributed by atoms with Gasteiger partial charge in [-0.3, -0.25) is 5.32 Å². The molecule has 3 rings (SSSR count). The number of anilines is 1. The number of H-pyrrole nitrogens is 1. The lowest BCUT2D eigenvalue weighted by Crippen LogP contribution is -2.38. The molecule has 2 aromatic heterocycles. The zero-order chi connectivity index (χ0) is 13.8. The Morgan fingerprint density at radius 2 is 2.30 bits per heavy atom. The number of nitrogens with zero attached hydrogens (tertiary/aromatic N) is 2. The summed E-state index contributed by atoms with van der Waals surface area (Å²) >= 11 is 0. The van der Waals surface area contributed by atoms with Crippen LogP contribution in [0.15, 0.2) is 18.5 Å². The highest BCUT2D eigenvalue weighted by molar-refractivity contribution is 5.89. The minimum Gasteiger partial charge on any atom is -0.345 e. The molecule has 4 N–H and O–H groups in total. The van der Waals surface area contributed by atoms with E-state index in [1.54, 1.807) is 12.4 Å². The molecule has 0 bridgehead atoms. The van der Waals surface area contributed by atoms with Crippen LogP contribution in [0.3, 0.4) is 0 Å². The number of fused-ring (bicyclic) bond motifs is 1. The van der Waals surface area contributed by atoms with Gasteiger partial charge >= 0.3 is 6.03 Å². The van der Waals surface area contributed by atoms with Crippen molar-refractivity contribution in [3.05, 3.63) is 18.5 Å². The van der Waals surface area contributed by atoms with E-state index in [2.05, 4.69) is 30.9 Å². The third-order valence-corrected chi connectivity index (χ3v) is 3.41. The minimum atomic E-state index is -0.221. The van der Waals surface area contributed by atoms with Crippen molar-refractivity contribution in [2.75, 3.05) is 18.4 Å². The minimum absolute atomic E-state index is 0.217. The number of nitrogens with one attached hydrogen (secondary N) is 4. The lowest BCUT2D eigenvalue weighted by atomic mass is 10.1. The monoisotopic (exact) mass is 274 g/mol. The maximum Gasteiger partial charge on any atom is 0.320 e. The van der Waals surface area contributed by atoms with Crippen LogP contribution in [-0.4, -0.2) is 40.1 Å². The third kappa shape index (κ3) is 3.05. The van der Waals surface area contributed by atoms with E-state index < -0.39 is 0 Å². The Morgan fingerprint density at radius 3 is 3.25 bits per heavy atom. The number of urea groups is 1. The lowest BCUT2D eigenvalue weighted by Gasteiger charge is -2.16. The van der Waals surface area contributed by atoms with Gasteiger partial charge in [-0.05, 0) is 38.4 Å². The summed E-state index contributed by atoms with van der Waals surface area (Å²) in [7, 11) is 0. The molecule has 1 unspecified atom stereocenters. The molecule has 0 spiro atoms. The molecule has 7 heteroatoms. The standard InChI is InChI=1S/C13H18N6O/c20-13(17-9-2-1-5-14-6-3-9)19-11-8-16-12-10(18-11)4-7-15-12/h4,7-9,14H,1-3,5-6H2,(H,15,16)(H2,17,18,19,20). The maximum atomic E-state index is 11.9. The molecule has 0 radical (unpaired) electrons. The Hall–Kier alpha value is -2.15. The van der Waals surface area contributed by atoms with Crippen molar-refractivity contribution >= 4 is 23.0 Å². The van der Waals surface area contributed by atoms with E-state index in [0.717, 1.165) is 37.9 Å². The molecular formula is C13H18N6O. The number of hydrogen-bond acceptors (Lipinski definition) is 4. The second-order valence-electron chi connectivity index (χ2n) is 4.94. The van der Waals surface area contributed by atoms with Gasteiger partial charge in [0.1, 0.15) is 5.52 Å². The van der Waals surface area contributed by atoms with Gasteiger partial charge in [-0.25, -0.2) is 14.8 Å². The maximum absolute atomic E-state index is 11.9. The SMILES string of the molecule is O=C(Nc1cnc2[nH]ccc2n1)NC1CCCNCC1. The molecular weight excluding hydrogens is 256 g/mol. The van der Waals surface area contributed by atoms with Gasteiger partial charge in [-0.1, -0.05) is 0 Å². The summed E-state index contributed by atoms with van der Waals surface area (Å²) in [5.74, 6) is 0.460. The van der Waals surface area contributed by atoms with Crippen molar-refractivity contribution in [2.45, 2.75) is 25.3 Å². The lowest BCUT2D eigenvalue weighted by molar-refractivity contribution is 0.247. The van der Waals surface area contributed by atoms with Gasteiger partial charge in [0.2, 0.25) is 0 Å². The summed E-state index contributed by atoms with van der Waals surface area (Å²) in [6, 6.07) is 1.82. The van der Waals surface area contributed by atoms with E-state index in [9.17, 15) is 4.79 Å².